The molecule has 2 aliphatic heterocycles. The van der Waals surface area contributed by atoms with Crippen LogP contribution in [0.25, 0.3) is 0 Å². The molecule has 2 heterocycles. The second-order valence-electron chi connectivity index (χ2n) is 11.7. The van der Waals surface area contributed by atoms with Crippen molar-refractivity contribution in [3.63, 3.8) is 0 Å². The molecule has 1 spiro atoms. The van der Waals surface area contributed by atoms with E-state index in [-0.39, 0.29) is 29.6 Å². The van der Waals surface area contributed by atoms with Gasteiger partial charge in [0.1, 0.15) is 6.04 Å². The number of amides is 2. The van der Waals surface area contributed by atoms with Gasteiger partial charge >= 0.3 is 0 Å². The Bertz CT molecular complexity index is 1070. The van der Waals surface area contributed by atoms with Crippen molar-refractivity contribution in [1.29, 1.82) is 0 Å². The Balaban J connectivity index is 0.00000380. The standard InChI is InChI=1S/C27H42N4O4S.ClH/c1-26(2,28)25(33)29-22(14-13-20-9-5-4-6-10-20)24(32)30-17-15-27(16-18-30)19-31(36(3,34)35)23-12-8-7-11-21(23)27;/h7-8,11-12,20,22H,4-6,9-10,13-19,28H2,1-3H3,(H,29,33);1H. The van der Waals surface area contributed by atoms with Gasteiger partial charge < -0.3 is 16.0 Å². The van der Waals surface area contributed by atoms with Crippen molar-refractivity contribution in [3.05, 3.63) is 29.8 Å². The first kappa shape index (κ1) is 29.7. The number of nitrogens with zero attached hydrogens (tertiary/aromatic N) is 2. The summed E-state index contributed by atoms with van der Waals surface area (Å²) in [6.07, 6.45) is 10.3. The maximum Gasteiger partial charge on any atom is 0.245 e. The predicted molar refractivity (Wildman–Crippen MR) is 149 cm³/mol. The highest BCUT2D eigenvalue weighted by Crippen LogP contribution is 2.47. The van der Waals surface area contributed by atoms with Gasteiger partial charge in [-0.15, -0.1) is 12.4 Å². The molecule has 1 aliphatic carbocycles. The van der Waals surface area contributed by atoms with Crippen LogP contribution >= 0.6 is 12.4 Å². The van der Waals surface area contributed by atoms with Crippen LogP contribution in [0.5, 0.6) is 0 Å². The summed E-state index contributed by atoms with van der Waals surface area (Å²) in [5.41, 5.74) is 6.48. The molecule has 2 fully saturated rings. The molecule has 3 N–H and O–H groups in total. The molecule has 10 heteroatoms. The molecule has 1 aromatic rings. The summed E-state index contributed by atoms with van der Waals surface area (Å²) < 4.78 is 26.5. The Labute approximate surface area is 228 Å². The average Bonchev–Trinajstić information content (AvgIpc) is 3.16. The molecule has 1 saturated carbocycles. The van der Waals surface area contributed by atoms with Crippen molar-refractivity contribution in [3.8, 4) is 0 Å². The van der Waals surface area contributed by atoms with E-state index in [2.05, 4.69) is 5.32 Å². The number of benzene rings is 1. The minimum Gasteiger partial charge on any atom is -0.343 e. The van der Waals surface area contributed by atoms with E-state index in [0.717, 1.165) is 17.7 Å². The summed E-state index contributed by atoms with van der Waals surface area (Å²) in [7, 11) is -3.39. The van der Waals surface area contributed by atoms with E-state index in [0.29, 0.717) is 44.8 Å². The molecule has 1 saturated heterocycles. The van der Waals surface area contributed by atoms with Gasteiger partial charge in [-0.3, -0.25) is 13.9 Å². The first-order valence-corrected chi connectivity index (χ1v) is 15.2. The number of rotatable bonds is 7. The number of para-hydroxylation sites is 1. The Hall–Kier alpha value is -1.84. The second-order valence-corrected chi connectivity index (χ2v) is 13.6. The van der Waals surface area contributed by atoms with Gasteiger partial charge in [-0.05, 0) is 57.1 Å². The largest absolute Gasteiger partial charge is 0.343 e. The van der Waals surface area contributed by atoms with Crippen LogP contribution in [0, 0.1) is 5.92 Å². The fraction of sp³-hybridized carbons (Fsp3) is 0.704. The highest BCUT2D eigenvalue weighted by atomic mass is 35.5. The lowest BCUT2D eigenvalue weighted by Gasteiger charge is -2.41. The lowest BCUT2D eigenvalue weighted by Crippen LogP contribution is -2.58. The van der Waals surface area contributed by atoms with Gasteiger partial charge in [0.15, 0.2) is 0 Å². The van der Waals surface area contributed by atoms with Crippen molar-refractivity contribution in [2.24, 2.45) is 11.7 Å². The van der Waals surface area contributed by atoms with E-state index in [1.807, 2.05) is 29.2 Å². The van der Waals surface area contributed by atoms with Crippen LogP contribution in [-0.2, 0) is 25.0 Å². The molecule has 208 valence electrons. The fourth-order valence-electron chi connectivity index (χ4n) is 6.16. The summed E-state index contributed by atoms with van der Waals surface area (Å²) in [6.45, 7) is 4.79. The zero-order valence-electron chi connectivity index (χ0n) is 22.4. The molecule has 0 bridgehead atoms. The first-order chi connectivity index (χ1) is 16.9. The van der Waals surface area contributed by atoms with Crippen LogP contribution in [0.1, 0.15) is 77.2 Å². The first-order valence-electron chi connectivity index (χ1n) is 13.4. The van der Waals surface area contributed by atoms with E-state index in [4.69, 9.17) is 5.73 Å². The third kappa shape index (κ3) is 6.60. The van der Waals surface area contributed by atoms with Crippen molar-refractivity contribution in [2.75, 3.05) is 30.2 Å². The quantitative estimate of drug-likeness (QED) is 0.537. The van der Waals surface area contributed by atoms with E-state index in [9.17, 15) is 18.0 Å². The van der Waals surface area contributed by atoms with Crippen LogP contribution in [0.15, 0.2) is 24.3 Å². The second kappa shape index (κ2) is 11.5. The summed E-state index contributed by atoms with van der Waals surface area (Å²) in [5, 5.41) is 2.95. The van der Waals surface area contributed by atoms with Gasteiger partial charge in [0.25, 0.3) is 0 Å². The molecular weight excluding hydrogens is 512 g/mol. The number of hydrogen-bond donors (Lipinski definition) is 2. The SMILES string of the molecule is CC(C)(N)C(=O)NC(CCC1CCCCC1)C(=O)N1CCC2(CC1)CN(S(C)(=O)=O)c1ccccc12.Cl. The molecule has 1 atom stereocenters. The van der Waals surface area contributed by atoms with Crippen molar-refractivity contribution in [2.45, 2.75) is 88.6 Å². The highest BCUT2D eigenvalue weighted by molar-refractivity contribution is 7.92. The molecule has 4 rings (SSSR count). The predicted octanol–water partition coefficient (Wildman–Crippen LogP) is 3.33. The van der Waals surface area contributed by atoms with Gasteiger partial charge in [0, 0.05) is 25.0 Å². The molecule has 1 unspecified atom stereocenters. The average molecular weight is 555 g/mol. The zero-order valence-corrected chi connectivity index (χ0v) is 24.0. The van der Waals surface area contributed by atoms with E-state index >= 15 is 0 Å². The van der Waals surface area contributed by atoms with Crippen LogP contribution in [0.3, 0.4) is 0 Å². The monoisotopic (exact) mass is 554 g/mol. The van der Waals surface area contributed by atoms with Crippen LogP contribution < -0.4 is 15.4 Å². The van der Waals surface area contributed by atoms with Crippen LogP contribution in [0.2, 0.25) is 0 Å². The van der Waals surface area contributed by atoms with Crippen LogP contribution in [-0.4, -0.2) is 62.6 Å². The summed E-state index contributed by atoms with van der Waals surface area (Å²) in [5.74, 6) is 0.245. The summed E-state index contributed by atoms with van der Waals surface area (Å²) >= 11 is 0. The number of carbonyl (C=O) groups is 2. The topological polar surface area (TPSA) is 113 Å². The van der Waals surface area contributed by atoms with Gasteiger partial charge in [-0.25, -0.2) is 8.42 Å². The Morgan fingerprint density at radius 2 is 1.76 bits per heavy atom. The number of anilines is 1. The minimum atomic E-state index is -3.39. The molecule has 2 amide bonds. The summed E-state index contributed by atoms with van der Waals surface area (Å²) in [4.78, 5) is 28.2. The van der Waals surface area contributed by atoms with Gasteiger partial charge in [-0.1, -0.05) is 50.3 Å². The highest BCUT2D eigenvalue weighted by Gasteiger charge is 2.48. The molecule has 0 radical (unpaired) electrons. The minimum absolute atomic E-state index is 0. The number of piperidine rings is 1. The number of nitrogens with two attached hydrogens (primary N) is 1. The Morgan fingerprint density at radius 3 is 2.35 bits per heavy atom. The smallest absolute Gasteiger partial charge is 0.245 e. The van der Waals surface area contributed by atoms with Gasteiger partial charge in [-0.2, -0.15) is 0 Å². The van der Waals surface area contributed by atoms with E-state index < -0.39 is 21.6 Å². The maximum atomic E-state index is 13.7. The zero-order chi connectivity index (χ0) is 26.1. The van der Waals surface area contributed by atoms with Crippen molar-refractivity contribution in [1.82, 2.24) is 10.2 Å². The number of hydrogen-bond acceptors (Lipinski definition) is 5. The van der Waals surface area contributed by atoms with Crippen molar-refractivity contribution < 1.29 is 18.0 Å². The third-order valence-electron chi connectivity index (χ3n) is 8.40. The van der Waals surface area contributed by atoms with Gasteiger partial charge in [0.2, 0.25) is 21.8 Å². The van der Waals surface area contributed by atoms with E-state index in [1.54, 1.807) is 13.8 Å². The van der Waals surface area contributed by atoms with Gasteiger partial charge in [0.05, 0.1) is 17.5 Å². The molecule has 1 aromatic carbocycles. The summed E-state index contributed by atoms with van der Waals surface area (Å²) in [6, 6.07) is 7.13. The Kier molecular flexibility index (Phi) is 9.23. The number of halogens is 1. The number of sulfonamides is 1. The lowest BCUT2D eigenvalue weighted by atomic mass is 9.74. The van der Waals surface area contributed by atoms with Crippen molar-refractivity contribution >= 4 is 39.9 Å². The fourth-order valence-corrected chi connectivity index (χ4v) is 7.16. The van der Waals surface area contributed by atoms with E-state index in [1.165, 1.54) is 42.7 Å². The molecule has 3 aliphatic rings. The molecule has 37 heavy (non-hydrogen) atoms. The normalized spacial score (nSPS) is 20.8. The Morgan fingerprint density at radius 1 is 1.14 bits per heavy atom. The number of nitrogens with one attached hydrogen (secondary N) is 1. The maximum absolute atomic E-state index is 13.7. The number of carbonyl (C=O) groups excluding carboxylic acids is 2. The number of likely N-dealkylation sites (tertiary alicyclic amines) is 1. The number of fused-ring (bicyclic) bond motifs is 2. The van der Waals surface area contributed by atoms with Crippen LogP contribution in [0.4, 0.5) is 5.69 Å². The third-order valence-corrected chi connectivity index (χ3v) is 9.53. The molecular formula is C27H43ClN4O4S. The lowest BCUT2D eigenvalue weighted by molar-refractivity contribution is -0.139. The molecule has 0 aromatic heterocycles. The molecule has 8 nitrogen and oxygen atoms in total.